The molecule has 96 valence electrons. The van der Waals surface area contributed by atoms with Crippen LogP contribution in [0.5, 0.6) is 0 Å². The summed E-state index contributed by atoms with van der Waals surface area (Å²) in [5.74, 6) is 0. The first-order chi connectivity index (χ1) is 8.41. The summed E-state index contributed by atoms with van der Waals surface area (Å²) in [5, 5.41) is 0. The number of hydrogen-bond acceptors (Lipinski definition) is 1. The molecule has 2 atom stereocenters. The zero-order valence-corrected chi connectivity index (χ0v) is 9.70. The second-order valence-electron chi connectivity index (χ2n) is 4.30. The minimum Gasteiger partial charge on any atom is -0.344 e. The molecule has 4 heteroatoms. The van der Waals surface area contributed by atoms with Crippen molar-refractivity contribution in [3.8, 4) is 0 Å². The summed E-state index contributed by atoms with van der Waals surface area (Å²) in [7, 11) is 0. The summed E-state index contributed by atoms with van der Waals surface area (Å²) in [6.07, 6.45) is -2.33. The lowest BCUT2D eigenvalue weighted by atomic mass is 9.86. The second kappa shape index (κ2) is 3.99. The van der Waals surface area contributed by atoms with E-state index in [1.54, 1.807) is 24.3 Å². The molecule has 0 spiro atoms. The Balaban J connectivity index is 2.31. The van der Waals surface area contributed by atoms with Crippen LogP contribution >= 0.6 is 0 Å². The Morgan fingerprint density at radius 2 is 1.72 bits per heavy atom. The average Bonchev–Trinajstić information content (AvgIpc) is 3.00. The van der Waals surface area contributed by atoms with Crippen molar-refractivity contribution in [2.75, 3.05) is 0 Å². The van der Waals surface area contributed by atoms with E-state index in [2.05, 4.69) is 13.2 Å². The smallest absolute Gasteiger partial charge is 0.344 e. The van der Waals surface area contributed by atoms with Gasteiger partial charge in [0.15, 0.2) is 0 Å². The predicted octanol–water partition coefficient (Wildman–Crippen LogP) is 3.67. The molecule has 1 heterocycles. The summed E-state index contributed by atoms with van der Waals surface area (Å²) >= 11 is 0. The van der Waals surface area contributed by atoms with Gasteiger partial charge in [0.1, 0.15) is 5.60 Å². The summed E-state index contributed by atoms with van der Waals surface area (Å²) in [5.41, 5.74) is -2.98. The fraction of sp³-hybridized carbons (Fsp3) is 0.286. The van der Waals surface area contributed by atoms with Gasteiger partial charge in [0, 0.05) is 6.42 Å². The van der Waals surface area contributed by atoms with Gasteiger partial charge < -0.3 is 4.74 Å². The first kappa shape index (κ1) is 12.9. The van der Waals surface area contributed by atoms with E-state index in [9.17, 15) is 13.2 Å². The zero-order valence-electron chi connectivity index (χ0n) is 9.70. The van der Waals surface area contributed by atoms with Gasteiger partial charge in [-0.25, -0.2) is 0 Å². The molecule has 1 aliphatic rings. The van der Waals surface area contributed by atoms with Gasteiger partial charge >= 0.3 is 6.18 Å². The van der Waals surface area contributed by atoms with Crippen LogP contribution in [0, 0.1) is 0 Å². The quantitative estimate of drug-likeness (QED) is 0.590. The van der Waals surface area contributed by atoms with Gasteiger partial charge in [-0.2, -0.15) is 13.2 Å². The lowest BCUT2D eigenvalue weighted by Gasteiger charge is -2.17. The highest BCUT2D eigenvalue weighted by Crippen LogP contribution is 2.60. The van der Waals surface area contributed by atoms with E-state index in [1.165, 1.54) is 6.08 Å². The van der Waals surface area contributed by atoms with E-state index in [1.807, 2.05) is 6.07 Å². The summed E-state index contributed by atoms with van der Waals surface area (Å²) in [4.78, 5) is 0. The van der Waals surface area contributed by atoms with Gasteiger partial charge in [-0.1, -0.05) is 43.0 Å². The first-order valence-electron chi connectivity index (χ1n) is 5.49. The van der Waals surface area contributed by atoms with Crippen molar-refractivity contribution >= 4 is 0 Å². The number of halogens is 3. The highest BCUT2D eigenvalue weighted by Gasteiger charge is 2.79. The minimum atomic E-state index is -4.49. The average molecular weight is 254 g/mol. The third-order valence-electron chi connectivity index (χ3n) is 3.28. The van der Waals surface area contributed by atoms with Gasteiger partial charge in [-0.3, -0.25) is 0 Å². The summed E-state index contributed by atoms with van der Waals surface area (Å²) < 4.78 is 44.1. The molecule has 0 amide bonds. The molecule has 1 nitrogen and oxygen atoms in total. The van der Waals surface area contributed by atoms with Crippen molar-refractivity contribution in [1.82, 2.24) is 0 Å². The fourth-order valence-corrected chi connectivity index (χ4v) is 2.22. The lowest BCUT2D eigenvalue weighted by molar-refractivity contribution is -0.170. The van der Waals surface area contributed by atoms with Gasteiger partial charge in [-0.05, 0) is 11.6 Å². The SMILES string of the molecule is C=C[C@]1(Cc2ccccc2)O[C@@]1(C=C)C(F)(F)F. The Morgan fingerprint density at radius 3 is 2.11 bits per heavy atom. The third-order valence-corrected chi connectivity index (χ3v) is 3.28. The van der Waals surface area contributed by atoms with Crippen LogP contribution in [0.15, 0.2) is 55.6 Å². The molecule has 1 aromatic carbocycles. The number of ether oxygens (including phenoxy) is 1. The number of alkyl halides is 3. The van der Waals surface area contributed by atoms with Gasteiger partial charge in [0.2, 0.25) is 5.60 Å². The Morgan fingerprint density at radius 1 is 1.11 bits per heavy atom. The first-order valence-corrected chi connectivity index (χ1v) is 5.49. The van der Waals surface area contributed by atoms with Crippen LogP contribution in [-0.4, -0.2) is 17.4 Å². The van der Waals surface area contributed by atoms with Gasteiger partial charge in [0.25, 0.3) is 0 Å². The van der Waals surface area contributed by atoms with Crippen molar-refractivity contribution in [1.29, 1.82) is 0 Å². The van der Waals surface area contributed by atoms with E-state index in [-0.39, 0.29) is 6.42 Å². The van der Waals surface area contributed by atoms with Crippen LogP contribution in [-0.2, 0) is 11.2 Å². The lowest BCUT2D eigenvalue weighted by Crippen LogP contribution is -2.38. The maximum Gasteiger partial charge on any atom is 0.424 e. The molecule has 0 saturated carbocycles. The largest absolute Gasteiger partial charge is 0.424 e. The monoisotopic (exact) mass is 254 g/mol. The molecule has 0 aliphatic carbocycles. The third kappa shape index (κ3) is 1.68. The number of epoxide rings is 1. The number of rotatable bonds is 4. The van der Waals surface area contributed by atoms with Crippen molar-refractivity contribution in [3.63, 3.8) is 0 Å². The molecule has 18 heavy (non-hydrogen) atoms. The maximum absolute atomic E-state index is 13.0. The van der Waals surface area contributed by atoms with E-state index >= 15 is 0 Å². The maximum atomic E-state index is 13.0. The fourth-order valence-electron chi connectivity index (χ4n) is 2.22. The molecular formula is C14H13F3O. The van der Waals surface area contributed by atoms with Crippen molar-refractivity contribution < 1.29 is 17.9 Å². The van der Waals surface area contributed by atoms with Crippen LogP contribution in [0.3, 0.4) is 0 Å². The standard InChI is InChI=1S/C14H13F3O/c1-3-12(10-11-8-6-5-7-9-11)13(4-2,18-12)14(15,16)17/h3-9H,1-2,10H2/t12-,13-/m1/s1. The Labute approximate surface area is 104 Å². The summed E-state index contributed by atoms with van der Waals surface area (Å²) in [6, 6.07) is 8.88. The highest BCUT2D eigenvalue weighted by atomic mass is 19.4. The molecule has 0 radical (unpaired) electrons. The molecule has 1 saturated heterocycles. The van der Waals surface area contributed by atoms with Crippen LogP contribution in [0.4, 0.5) is 13.2 Å². The van der Waals surface area contributed by atoms with Crippen molar-refractivity contribution in [2.45, 2.75) is 23.8 Å². The summed E-state index contributed by atoms with van der Waals surface area (Å²) in [6.45, 7) is 6.73. The second-order valence-corrected chi connectivity index (χ2v) is 4.30. The molecule has 0 unspecified atom stereocenters. The van der Waals surface area contributed by atoms with E-state index < -0.39 is 17.4 Å². The molecule has 2 rings (SSSR count). The predicted molar refractivity (Wildman–Crippen MR) is 63.1 cm³/mol. The van der Waals surface area contributed by atoms with E-state index in [4.69, 9.17) is 4.74 Å². The van der Waals surface area contributed by atoms with Crippen LogP contribution in [0.25, 0.3) is 0 Å². The van der Waals surface area contributed by atoms with Crippen LogP contribution in [0.2, 0.25) is 0 Å². The van der Waals surface area contributed by atoms with E-state index in [0.29, 0.717) is 0 Å². The highest BCUT2D eigenvalue weighted by molar-refractivity contribution is 5.37. The van der Waals surface area contributed by atoms with Crippen molar-refractivity contribution in [2.24, 2.45) is 0 Å². The molecule has 0 aromatic heterocycles. The molecule has 0 N–H and O–H groups in total. The normalized spacial score (nSPS) is 30.8. The molecule has 1 fully saturated rings. The van der Waals surface area contributed by atoms with Gasteiger partial charge in [0.05, 0.1) is 0 Å². The number of hydrogen-bond donors (Lipinski definition) is 0. The molecular weight excluding hydrogens is 241 g/mol. The molecule has 1 aromatic rings. The minimum absolute atomic E-state index is 0.128. The Hall–Kier alpha value is -1.55. The zero-order chi connectivity index (χ0) is 13.4. The van der Waals surface area contributed by atoms with Crippen LogP contribution in [0.1, 0.15) is 5.56 Å². The Bertz CT molecular complexity index is 466. The Kier molecular flexibility index (Phi) is 2.86. The van der Waals surface area contributed by atoms with E-state index in [0.717, 1.165) is 11.6 Å². The molecule has 1 aliphatic heterocycles. The van der Waals surface area contributed by atoms with Crippen molar-refractivity contribution in [3.05, 3.63) is 61.2 Å². The van der Waals surface area contributed by atoms with Crippen LogP contribution < -0.4 is 0 Å². The van der Waals surface area contributed by atoms with Gasteiger partial charge in [-0.15, -0.1) is 6.58 Å². The topological polar surface area (TPSA) is 12.5 Å². The molecule has 0 bridgehead atoms. The number of benzene rings is 1.